The SMILES string of the molecule is CN(C)C(=O)OC[C@@H](N)C(C)(C)C.Cl. The highest BCUT2D eigenvalue weighted by Crippen LogP contribution is 2.17. The van der Waals surface area contributed by atoms with E-state index in [0.717, 1.165) is 0 Å². The van der Waals surface area contributed by atoms with Crippen molar-refractivity contribution in [1.29, 1.82) is 0 Å². The Morgan fingerprint density at radius 3 is 2.14 bits per heavy atom. The second-order valence-corrected chi connectivity index (χ2v) is 4.44. The number of halogens is 1. The molecule has 5 heteroatoms. The number of carbonyl (C=O) groups excluding carboxylic acids is 1. The van der Waals surface area contributed by atoms with Gasteiger partial charge in [0.25, 0.3) is 0 Å². The lowest BCUT2D eigenvalue weighted by Crippen LogP contribution is -2.40. The highest BCUT2D eigenvalue weighted by atomic mass is 35.5. The third-order valence-corrected chi connectivity index (χ3v) is 1.86. The van der Waals surface area contributed by atoms with Crippen molar-refractivity contribution in [3.8, 4) is 0 Å². The summed E-state index contributed by atoms with van der Waals surface area (Å²) in [4.78, 5) is 12.4. The number of nitrogens with zero attached hydrogens (tertiary/aromatic N) is 1. The molecule has 0 saturated carbocycles. The molecule has 0 radical (unpaired) electrons. The van der Waals surface area contributed by atoms with Gasteiger partial charge in [-0.2, -0.15) is 0 Å². The maximum atomic E-state index is 11.0. The summed E-state index contributed by atoms with van der Waals surface area (Å²) in [6.45, 7) is 6.31. The molecule has 0 aliphatic rings. The second-order valence-electron chi connectivity index (χ2n) is 4.44. The average molecular weight is 225 g/mol. The summed E-state index contributed by atoms with van der Waals surface area (Å²) in [5, 5.41) is 0. The summed E-state index contributed by atoms with van der Waals surface area (Å²) in [5.74, 6) is 0. The number of nitrogens with two attached hydrogens (primary N) is 1. The Kier molecular flexibility index (Phi) is 6.94. The van der Waals surface area contributed by atoms with Gasteiger partial charge >= 0.3 is 6.09 Å². The predicted octanol–water partition coefficient (Wildman–Crippen LogP) is 1.48. The summed E-state index contributed by atoms with van der Waals surface area (Å²) in [5.41, 5.74) is 5.77. The van der Waals surface area contributed by atoms with Crippen LogP contribution in [0.2, 0.25) is 0 Å². The van der Waals surface area contributed by atoms with Crippen LogP contribution in [-0.2, 0) is 4.74 Å². The zero-order chi connectivity index (χ0) is 10.6. The first-order chi connectivity index (χ1) is 5.75. The van der Waals surface area contributed by atoms with Crippen LogP contribution in [0, 0.1) is 5.41 Å². The fourth-order valence-electron chi connectivity index (χ4n) is 0.540. The van der Waals surface area contributed by atoms with Gasteiger partial charge in [0.2, 0.25) is 0 Å². The molecule has 0 spiro atoms. The van der Waals surface area contributed by atoms with Crippen molar-refractivity contribution in [2.24, 2.45) is 11.1 Å². The first kappa shape index (κ1) is 16.0. The van der Waals surface area contributed by atoms with E-state index in [1.54, 1.807) is 14.1 Å². The Bertz CT molecular complexity index is 178. The van der Waals surface area contributed by atoms with Crippen LogP contribution < -0.4 is 5.73 Å². The summed E-state index contributed by atoms with van der Waals surface area (Å²) >= 11 is 0. The average Bonchev–Trinajstić information content (AvgIpc) is 1.97. The zero-order valence-corrected chi connectivity index (χ0v) is 10.4. The minimum absolute atomic E-state index is 0. The van der Waals surface area contributed by atoms with Crippen molar-refractivity contribution in [1.82, 2.24) is 4.90 Å². The second kappa shape index (κ2) is 6.09. The fourth-order valence-corrected chi connectivity index (χ4v) is 0.540. The number of ether oxygens (including phenoxy) is 1. The van der Waals surface area contributed by atoms with Crippen LogP contribution in [0.15, 0.2) is 0 Å². The van der Waals surface area contributed by atoms with E-state index in [9.17, 15) is 4.79 Å². The molecule has 4 nitrogen and oxygen atoms in total. The van der Waals surface area contributed by atoms with E-state index in [1.807, 2.05) is 20.8 Å². The van der Waals surface area contributed by atoms with Crippen LogP contribution in [0.5, 0.6) is 0 Å². The number of amides is 1. The van der Waals surface area contributed by atoms with E-state index in [0.29, 0.717) is 0 Å². The van der Waals surface area contributed by atoms with Crippen molar-refractivity contribution in [3.05, 3.63) is 0 Å². The van der Waals surface area contributed by atoms with E-state index >= 15 is 0 Å². The molecule has 1 amide bonds. The Balaban J connectivity index is 0. The molecule has 0 saturated heterocycles. The van der Waals surface area contributed by atoms with Gasteiger partial charge in [0.05, 0.1) is 0 Å². The molecule has 0 rings (SSSR count). The Hall–Kier alpha value is -0.480. The van der Waals surface area contributed by atoms with Crippen LogP contribution in [0.1, 0.15) is 20.8 Å². The third kappa shape index (κ3) is 6.05. The van der Waals surface area contributed by atoms with Gasteiger partial charge in [-0.1, -0.05) is 20.8 Å². The molecular formula is C9H21ClN2O2. The Morgan fingerprint density at radius 1 is 1.43 bits per heavy atom. The molecular weight excluding hydrogens is 204 g/mol. The van der Waals surface area contributed by atoms with Crippen molar-refractivity contribution in [2.75, 3.05) is 20.7 Å². The van der Waals surface area contributed by atoms with Gasteiger partial charge in [0, 0.05) is 20.1 Å². The molecule has 0 aromatic carbocycles. The predicted molar refractivity (Wildman–Crippen MR) is 59.7 cm³/mol. The van der Waals surface area contributed by atoms with Gasteiger partial charge in [-0.25, -0.2) is 4.79 Å². The molecule has 0 heterocycles. The van der Waals surface area contributed by atoms with Crippen LogP contribution in [-0.4, -0.2) is 37.7 Å². The molecule has 0 aromatic rings. The van der Waals surface area contributed by atoms with Gasteiger partial charge in [0.15, 0.2) is 0 Å². The first-order valence-electron chi connectivity index (χ1n) is 4.35. The first-order valence-corrected chi connectivity index (χ1v) is 4.35. The zero-order valence-electron chi connectivity index (χ0n) is 9.53. The molecule has 86 valence electrons. The molecule has 0 aromatic heterocycles. The van der Waals surface area contributed by atoms with E-state index < -0.39 is 0 Å². The van der Waals surface area contributed by atoms with Crippen LogP contribution in [0.25, 0.3) is 0 Å². The maximum absolute atomic E-state index is 11.0. The fraction of sp³-hybridized carbons (Fsp3) is 0.889. The highest BCUT2D eigenvalue weighted by Gasteiger charge is 2.22. The van der Waals surface area contributed by atoms with Crippen molar-refractivity contribution in [3.63, 3.8) is 0 Å². The summed E-state index contributed by atoms with van der Waals surface area (Å²) in [6, 6.07) is -0.128. The van der Waals surface area contributed by atoms with E-state index in [2.05, 4.69) is 0 Å². The molecule has 0 aliphatic carbocycles. The minimum atomic E-state index is -0.347. The van der Waals surface area contributed by atoms with Gasteiger partial charge in [-0.3, -0.25) is 0 Å². The van der Waals surface area contributed by atoms with Crippen molar-refractivity contribution >= 4 is 18.5 Å². The number of rotatable bonds is 2. The molecule has 0 unspecified atom stereocenters. The molecule has 14 heavy (non-hydrogen) atoms. The lowest BCUT2D eigenvalue weighted by atomic mass is 9.88. The Morgan fingerprint density at radius 2 is 1.86 bits per heavy atom. The maximum Gasteiger partial charge on any atom is 0.409 e. The third-order valence-electron chi connectivity index (χ3n) is 1.86. The van der Waals surface area contributed by atoms with Gasteiger partial charge in [0.1, 0.15) is 6.61 Å². The van der Waals surface area contributed by atoms with Gasteiger partial charge in [-0.05, 0) is 5.41 Å². The molecule has 0 bridgehead atoms. The molecule has 0 aliphatic heterocycles. The summed E-state index contributed by atoms with van der Waals surface area (Å²) < 4.78 is 4.95. The molecule has 2 N–H and O–H groups in total. The largest absolute Gasteiger partial charge is 0.448 e. The van der Waals surface area contributed by atoms with E-state index in [-0.39, 0.29) is 36.6 Å². The number of carbonyl (C=O) groups is 1. The van der Waals surface area contributed by atoms with Crippen molar-refractivity contribution < 1.29 is 9.53 Å². The van der Waals surface area contributed by atoms with Crippen LogP contribution >= 0.6 is 12.4 Å². The molecule has 1 atom stereocenters. The van der Waals surface area contributed by atoms with Crippen LogP contribution in [0.3, 0.4) is 0 Å². The topological polar surface area (TPSA) is 55.6 Å². The number of hydrogen-bond acceptors (Lipinski definition) is 3. The van der Waals surface area contributed by atoms with Crippen LogP contribution in [0.4, 0.5) is 4.79 Å². The lowest BCUT2D eigenvalue weighted by molar-refractivity contribution is 0.0960. The van der Waals surface area contributed by atoms with Gasteiger partial charge in [-0.15, -0.1) is 12.4 Å². The van der Waals surface area contributed by atoms with E-state index in [1.165, 1.54) is 4.90 Å². The smallest absolute Gasteiger partial charge is 0.409 e. The summed E-state index contributed by atoms with van der Waals surface area (Å²) in [7, 11) is 3.29. The Labute approximate surface area is 92.2 Å². The standard InChI is InChI=1S/C9H20N2O2.ClH/c1-9(2,3)7(10)6-13-8(12)11(4)5;/h7H,6,10H2,1-5H3;1H/t7-;/m1./s1. The summed E-state index contributed by atoms with van der Waals surface area (Å²) in [6.07, 6.45) is -0.347. The normalized spacial score (nSPS) is 12.7. The quantitative estimate of drug-likeness (QED) is 0.773. The number of hydrogen-bond donors (Lipinski definition) is 1. The molecule has 0 fully saturated rings. The van der Waals surface area contributed by atoms with Gasteiger partial charge < -0.3 is 15.4 Å². The monoisotopic (exact) mass is 224 g/mol. The van der Waals surface area contributed by atoms with Crippen molar-refractivity contribution in [2.45, 2.75) is 26.8 Å². The van der Waals surface area contributed by atoms with E-state index in [4.69, 9.17) is 10.5 Å². The highest BCUT2D eigenvalue weighted by molar-refractivity contribution is 5.85. The minimum Gasteiger partial charge on any atom is -0.448 e. The lowest BCUT2D eigenvalue weighted by Gasteiger charge is -2.26.